The number of aromatic nitrogens is 1. The summed E-state index contributed by atoms with van der Waals surface area (Å²) >= 11 is 1.76. The third-order valence-corrected chi connectivity index (χ3v) is 5.34. The van der Waals surface area contributed by atoms with E-state index in [0.717, 1.165) is 29.8 Å². The zero-order valence-electron chi connectivity index (χ0n) is 12.6. The van der Waals surface area contributed by atoms with Gasteiger partial charge in [0.05, 0.1) is 5.69 Å². The number of nitrogens with two attached hydrogens (primary N) is 1. The monoisotopic (exact) mass is 301 g/mol. The highest BCUT2D eigenvalue weighted by Gasteiger charge is 2.19. The number of hydrogen-bond acceptors (Lipinski definition) is 4. The molecule has 112 valence electrons. The summed E-state index contributed by atoms with van der Waals surface area (Å²) in [6, 6.07) is 10.4. The zero-order chi connectivity index (χ0) is 14.7. The van der Waals surface area contributed by atoms with E-state index in [4.69, 9.17) is 10.7 Å². The molecular weight excluding hydrogens is 278 g/mol. The van der Waals surface area contributed by atoms with Gasteiger partial charge in [0.2, 0.25) is 0 Å². The molecule has 21 heavy (non-hydrogen) atoms. The van der Waals surface area contributed by atoms with E-state index in [1.54, 1.807) is 11.3 Å². The summed E-state index contributed by atoms with van der Waals surface area (Å²) in [6.07, 6.45) is 3.86. The summed E-state index contributed by atoms with van der Waals surface area (Å²) in [5.41, 5.74) is 8.17. The fourth-order valence-electron chi connectivity index (χ4n) is 2.89. The molecule has 0 aliphatic carbocycles. The Labute approximate surface area is 130 Å². The summed E-state index contributed by atoms with van der Waals surface area (Å²) in [5, 5.41) is 1.14. The van der Waals surface area contributed by atoms with Crippen LogP contribution >= 0.6 is 11.3 Å². The van der Waals surface area contributed by atoms with E-state index < -0.39 is 0 Å². The summed E-state index contributed by atoms with van der Waals surface area (Å²) < 4.78 is 0. The first-order valence-corrected chi connectivity index (χ1v) is 8.59. The smallest absolute Gasteiger partial charge is 0.186 e. The molecule has 1 atom stereocenters. The van der Waals surface area contributed by atoms with Crippen LogP contribution in [0.1, 0.15) is 31.1 Å². The quantitative estimate of drug-likeness (QED) is 0.935. The molecule has 2 aromatic rings. The van der Waals surface area contributed by atoms with Crippen LogP contribution in [0.2, 0.25) is 0 Å². The molecule has 4 heteroatoms. The number of thiazole rings is 1. The number of anilines is 1. The third kappa shape index (κ3) is 3.27. The lowest BCUT2D eigenvalue weighted by Gasteiger charge is -2.18. The predicted octanol–water partition coefficient (Wildman–Crippen LogP) is 3.90. The summed E-state index contributed by atoms with van der Waals surface area (Å²) in [7, 11) is 0. The molecule has 1 aromatic heterocycles. The lowest BCUT2D eigenvalue weighted by Crippen LogP contribution is -2.23. The Hall–Kier alpha value is -1.39. The van der Waals surface area contributed by atoms with Crippen molar-refractivity contribution < 1.29 is 0 Å². The second-order valence-corrected chi connectivity index (χ2v) is 6.92. The molecule has 0 bridgehead atoms. The van der Waals surface area contributed by atoms with Crippen molar-refractivity contribution in [3.63, 3.8) is 0 Å². The van der Waals surface area contributed by atoms with Gasteiger partial charge < -0.3 is 10.6 Å². The summed E-state index contributed by atoms with van der Waals surface area (Å²) in [5.74, 6) is 0.831. The van der Waals surface area contributed by atoms with Crippen molar-refractivity contribution in [1.82, 2.24) is 4.98 Å². The highest BCUT2D eigenvalue weighted by molar-refractivity contribution is 7.16. The fraction of sp³-hybridized carbons (Fsp3) is 0.471. The summed E-state index contributed by atoms with van der Waals surface area (Å²) in [4.78, 5) is 8.54. The Morgan fingerprint density at radius 3 is 2.81 bits per heavy atom. The average Bonchev–Trinajstić information content (AvgIpc) is 2.84. The van der Waals surface area contributed by atoms with E-state index in [2.05, 4.69) is 36.1 Å². The molecule has 3 rings (SSSR count). The van der Waals surface area contributed by atoms with Crippen LogP contribution in [0.5, 0.6) is 0 Å². The number of nitrogens with zero attached hydrogens (tertiary/aromatic N) is 2. The SMILES string of the molecule is CC1CCCN(c2nc(-c3ccccc3)c(CN)s2)CC1. The predicted molar refractivity (Wildman–Crippen MR) is 90.7 cm³/mol. The topological polar surface area (TPSA) is 42.2 Å². The maximum Gasteiger partial charge on any atom is 0.186 e. The van der Waals surface area contributed by atoms with Crippen LogP contribution < -0.4 is 10.6 Å². The van der Waals surface area contributed by atoms with Crippen LogP contribution in [0.3, 0.4) is 0 Å². The lowest BCUT2D eigenvalue weighted by atomic mass is 10.0. The highest BCUT2D eigenvalue weighted by Crippen LogP contribution is 2.34. The molecule has 1 unspecified atom stereocenters. The van der Waals surface area contributed by atoms with Crippen molar-refractivity contribution >= 4 is 16.5 Å². The molecule has 1 aliphatic rings. The van der Waals surface area contributed by atoms with Crippen LogP contribution in [0.15, 0.2) is 30.3 Å². The first-order valence-electron chi connectivity index (χ1n) is 7.78. The van der Waals surface area contributed by atoms with E-state index in [9.17, 15) is 0 Å². The normalized spacial score (nSPS) is 19.5. The molecule has 0 spiro atoms. The minimum Gasteiger partial charge on any atom is -0.348 e. The molecule has 2 N–H and O–H groups in total. The van der Waals surface area contributed by atoms with Crippen molar-refractivity contribution in [1.29, 1.82) is 0 Å². The van der Waals surface area contributed by atoms with Gasteiger partial charge in [-0.05, 0) is 25.2 Å². The molecule has 1 aromatic carbocycles. The second-order valence-electron chi connectivity index (χ2n) is 5.86. The third-order valence-electron chi connectivity index (χ3n) is 4.21. The number of benzene rings is 1. The molecular formula is C17H23N3S. The van der Waals surface area contributed by atoms with Gasteiger partial charge in [-0.15, -0.1) is 0 Å². The Morgan fingerprint density at radius 2 is 2.05 bits per heavy atom. The first kappa shape index (κ1) is 14.5. The summed E-state index contributed by atoms with van der Waals surface area (Å²) in [6.45, 7) is 5.15. The zero-order valence-corrected chi connectivity index (χ0v) is 13.4. The molecule has 0 radical (unpaired) electrons. The van der Waals surface area contributed by atoms with E-state index in [1.807, 2.05) is 6.07 Å². The maximum atomic E-state index is 5.94. The molecule has 0 amide bonds. The van der Waals surface area contributed by atoms with Gasteiger partial charge in [0.25, 0.3) is 0 Å². The maximum absolute atomic E-state index is 5.94. The van der Waals surface area contributed by atoms with E-state index >= 15 is 0 Å². The van der Waals surface area contributed by atoms with Crippen LogP contribution in [0.4, 0.5) is 5.13 Å². The van der Waals surface area contributed by atoms with Gasteiger partial charge in [-0.1, -0.05) is 48.6 Å². The van der Waals surface area contributed by atoms with Crippen LogP contribution in [0, 0.1) is 5.92 Å². The number of hydrogen-bond donors (Lipinski definition) is 1. The van der Waals surface area contributed by atoms with Gasteiger partial charge in [0, 0.05) is 30.1 Å². The molecule has 1 saturated heterocycles. The average molecular weight is 301 g/mol. The largest absolute Gasteiger partial charge is 0.348 e. The molecule has 1 aliphatic heterocycles. The minimum atomic E-state index is 0.562. The Bertz CT molecular complexity index is 579. The van der Waals surface area contributed by atoms with Crippen molar-refractivity contribution in [2.24, 2.45) is 11.7 Å². The molecule has 0 saturated carbocycles. The highest BCUT2D eigenvalue weighted by atomic mass is 32.1. The van der Waals surface area contributed by atoms with Gasteiger partial charge >= 0.3 is 0 Å². The fourth-order valence-corrected chi connectivity index (χ4v) is 3.90. The van der Waals surface area contributed by atoms with Gasteiger partial charge in [0.15, 0.2) is 5.13 Å². The van der Waals surface area contributed by atoms with Crippen molar-refractivity contribution in [3.8, 4) is 11.3 Å². The minimum absolute atomic E-state index is 0.562. The van der Waals surface area contributed by atoms with Crippen molar-refractivity contribution in [2.75, 3.05) is 18.0 Å². The van der Waals surface area contributed by atoms with E-state index in [1.165, 1.54) is 29.7 Å². The van der Waals surface area contributed by atoms with Gasteiger partial charge in [-0.2, -0.15) is 0 Å². The Morgan fingerprint density at radius 1 is 1.24 bits per heavy atom. The molecule has 3 nitrogen and oxygen atoms in total. The molecule has 2 heterocycles. The van der Waals surface area contributed by atoms with E-state index in [-0.39, 0.29) is 0 Å². The Kier molecular flexibility index (Phi) is 4.56. The number of rotatable bonds is 3. The van der Waals surface area contributed by atoms with Gasteiger partial charge in [0.1, 0.15) is 0 Å². The first-order chi connectivity index (χ1) is 10.3. The van der Waals surface area contributed by atoms with Gasteiger partial charge in [-0.25, -0.2) is 4.98 Å². The van der Waals surface area contributed by atoms with Crippen LogP contribution in [-0.4, -0.2) is 18.1 Å². The lowest BCUT2D eigenvalue weighted by molar-refractivity contribution is 0.521. The van der Waals surface area contributed by atoms with Crippen molar-refractivity contribution in [3.05, 3.63) is 35.2 Å². The molecule has 1 fully saturated rings. The standard InChI is InChI=1S/C17H23N3S/c1-13-6-5-10-20(11-9-13)17-19-16(15(12-18)21-17)14-7-3-2-4-8-14/h2-4,7-8,13H,5-6,9-12,18H2,1H3. The van der Waals surface area contributed by atoms with Gasteiger partial charge in [-0.3, -0.25) is 0 Å². The van der Waals surface area contributed by atoms with Crippen LogP contribution in [0.25, 0.3) is 11.3 Å². The van der Waals surface area contributed by atoms with Crippen LogP contribution in [-0.2, 0) is 6.54 Å². The van der Waals surface area contributed by atoms with E-state index in [0.29, 0.717) is 6.54 Å². The second kappa shape index (κ2) is 6.58. The van der Waals surface area contributed by atoms with Crippen molar-refractivity contribution in [2.45, 2.75) is 32.7 Å². The Balaban J connectivity index is 1.89.